The first-order valence-corrected chi connectivity index (χ1v) is 14.6. The summed E-state index contributed by atoms with van der Waals surface area (Å²) in [7, 11) is -5.21. The summed E-state index contributed by atoms with van der Waals surface area (Å²) in [6.45, 7) is 10.1. The van der Waals surface area contributed by atoms with Crippen molar-refractivity contribution in [3.05, 3.63) is 24.3 Å². The van der Waals surface area contributed by atoms with Crippen molar-refractivity contribution >= 4 is 23.1 Å². The molecular weight excluding hydrogens is 516 g/mol. The molecule has 4 atom stereocenters. The van der Waals surface area contributed by atoms with Gasteiger partial charge in [-0.25, -0.2) is 0 Å². The van der Waals surface area contributed by atoms with Crippen LogP contribution in [0.5, 0.6) is 0 Å². The SMILES string of the molecule is C1=C\CC/C=C\CC/1.C[C@@H]1CC[C@@H](C)P1CCP1[C@H](C)CC[C@H]1C.F[B-](F)(F)F.[Rh]. The van der Waals surface area contributed by atoms with Gasteiger partial charge in [-0.3, -0.25) is 0 Å². The summed E-state index contributed by atoms with van der Waals surface area (Å²) in [5.74, 6) is 0. The monoisotopic (exact) mass is 556 g/mol. The van der Waals surface area contributed by atoms with E-state index >= 15 is 0 Å². The molecule has 8 heteroatoms. The topological polar surface area (TPSA) is 0 Å². The van der Waals surface area contributed by atoms with E-state index in [0.717, 1.165) is 22.6 Å². The largest absolute Gasteiger partial charge is 0.673 e. The molecule has 2 fully saturated rings. The minimum Gasteiger partial charge on any atom is -0.418 e. The molecule has 2 saturated heterocycles. The third kappa shape index (κ3) is 14.0. The first kappa shape index (κ1) is 30.7. The van der Waals surface area contributed by atoms with E-state index in [0.29, 0.717) is 15.8 Å². The maximum Gasteiger partial charge on any atom is 0.673 e. The van der Waals surface area contributed by atoms with E-state index in [1.54, 1.807) is 12.3 Å². The van der Waals surface area contributed by atoms with Gasteiger partial charge >= 0.3 is 7.25 Å². The second-order valence-electron chi connectivity index (χ2n) is 8.62. The molecular formula is C22H40BF4P2Rh-. The summed E-state index contributed by atoms with van der Waals surface area (Å²) < 4.78 is 39.0. The molecule has 0 N–H and O–H groups in total. The molecule has 0 aromatic carbocycles. The second kappa shape index (κ2) is 16.4. The Morgan fingerprint density at radius 3 is 1.00 bits per heavy atom. The van der Waals surface area contributed by atoms with Crippen LogP contribution < -0.4 is 0 Å². The van der Waals surface area contributed by atoms with Crippen LogP contribution in [0.1, 0.15) is 79.1 Å². The van der Waals surface area contributed by atoms with Crippen molar-refractivity contribution in [1.82, 2.24) is 0 Å². The van der Waals surface area contributed by atoms with Gasteiger partial charge in [0.2, 0.25) is 0 Å². The van der Waals surface area contributed by atoms with E-state index < -0.39 is 7.25 Å². The van der Waals surface area contributed by atoms with Gasteiger partial charge in [0.1, 0.15) is 0 Å². The summed E-state index contributed by atoms with van der Waals surface area (Å²) in [5.41, 5.74) is 4.31. The molecule has 2 aliphatic heterocycles. The average molecular weight is 556 g/mol. The number of hydrogen-bond donors (Lipinski definition) is 0. The molecule has 0 amide bonds. The molecule has 0 nitrogen and oxygen atoms in total. The number of allylic oxidation sites excluding steroid dienone is 4. The van der Waals surface area contributed by atoms with Gasteiger partial charge in [-0.2, -0.15) is 0 Å². The number of hydrogen-bond acceptors (Lipinski definition) is 0. The third-order valence-electron chi connectivity index (χ3n) is 6.22. The van der Waals surface area contributed by atoms with Crippen molar-refractivity contribution in [1.29, 1.82) is 0 Å². The second-order valence-corrected chi connectivity index (χ2v) is 15.1. The maximum atomic E-state index is 9.75. The first-order chi connectivity index (χ1) is 13.6. The van der Waals surface area contributed by atoms with Crippen LogP contribution in [0.3, 0.4) is 0 Å². The molecule has 0 unspecified atom stereocenters. The van der Waals surface area contributed by atoms with Crippen LogP contribution in [0.4, 0.5) is 17.3 Å². The van der Waals surface area contributed by atoms with Crippen LogP contribution in [0, 0.1) is 0 Å². The van der Waals surface area contributed by atoms with Crippen molar-refractivity contribution < 1.29 is 36.7 Å². The van der Waals surface area contributed by atoms with Crippen molar-refractivity contribution in [2.75, 3.05) is 12.3 Å². The Hall–Kier alpha value is 0.748. The smallest absolute Gasteiger partial charge is 0.418 e. The van der Waals surface area contributed by atoms with Crippen molar-refractivity contribution in [2.24, 2.45) is 0 Å². The van der Waals surface area contributed by atoms with Gasteiger partial charge in [0.25, 0.3) is 0 Å². The first-order valence-electron chi connectivity index (χ1n) is 11.3. The van der Waals surface area contributed by atoms with E-state index in [1.807, 2.05) is 0 Å². The fourth-order valence-electron chi connectivity index (χ4n) is 4.47. The van der Waals surface area contributed by atoms with E-state index in [4.69, 9.17) is 0 Å². The fraction of sp³-hybridized carbons (Fsp3) is 0.818. The Balaban J connectivity index is 0.000000504. The average Bonchev–Trinajstić information content (AvgIpc) is 3.06. The molecule has 0 bridgehead atoms. The van der Waals surface area contributed by atoms with Crippen LogP contribution in [-0.2, 0) is 19.5 Å². The maximum absolute atomic E-state index is 9.75. The summed E-state index contributed by atoms with van der Waals surface area (Å²) in [6, 6.07) is 0. The minimum absolute atomic E-state index is 0. The minimum atomic E-state index is -6.00. The molecule has 0 aromatic rings. The summed E-state index contributed by atoms with van der Waals surface area (Å²) in [4.78, 5) is 0. The molecule has 3 rings (SSSR count). The van der Waals surface area contributed by atoms with Gasteiger partial charge in [-0.1, -0.05) is 52.0 Å². The standard InChI is InChI=1S/C14H28P2.C8H12.BF4.Rh/c1-11-5-6-12(2)15(11)9-10-16-13(3)7-8-14(16)4;1-2-4-6-8-7-5-3-1;2-1(3,4)5;/h11-14H,5-10H2,1-4H3;1-2,7-8H,3-6H2;;/q;;-1;/b;2-1-,8-7-;;/t11-,12-,13-,14-;;;/m1.../s1. The Morgan fingerprint density at radius 1 is 0.600 bits per heavy atom. The van der Waals surface area contributed by atoms with Gasteiger partial charge in [0, 0.05) is 19.5 Å². The van der Waals surface area contributed by atoms with Gasteiger partial charge in [-0.05, 0) is 86.3 Å². The van der Waals surface area contributed by atoms with Crippen LogP contribution in [0.2, 0.25) is 0 Å². The van der Waals surface area contributed by atoms with Gasteiger partial charge in [-0.15, -0.1) is 15.8 Å². The molecule has 30 heavy (non-hydrogen) atoms. The Kier molecular flexibility index (Phi) is 16.8. The van der Waals surface area contributed by atoms with Crippen LogP contribution in [-0.4, -0.2) is 42.2 Å². The number of rotatable bonds is 3. The van der Waals surface area contributed by atoms with Gasteiger partial charge < -0.3 is 17.3 Å². The van der Waals surface area contributed by atoms with Crippen LogP contribution in [0.25, 0.3) is 0 Å². The summed E-state index contributed by atoms with van der Waals surface area (Å²) in [5, 5.41) is 0. The van der Waals surface area contributed by atoms with Gasteiger partial charge in [0.05, 0.1) is 0 Å². The van der Waals surface area contributed by atoms with E-state index in [-0.39, 0.29) is 19.5 Å². The van der Waals surface area contributed by atoms with Crippen molar-refractivity contribution in [3.63, 3.8) is 0 Å². The zero-order chi connectivity index (χ0) is 21.9. The Morgan fingerprint density at radius 2 is 0.800 bits per heavy atom. The molecule has 0 aromatic heterocycles. The van der Waals surface area contributed by atoms with Crippen LogP contribution in [0.15, 0.2) is 24.3 Å². The Labute approximate surface area is 197 Å². The van der Waals surface area contributed by atoms with Crippen molar-refractivity contribution in [3.8, 4) is 0 Å². The fourth-order valence-corrected chi connectivity index (χ4v) is 11.7. The van der Waals surface area contributed by atoms with Crippen molar-refractivity contribution in [2.45, 2.75) is 102 Å². The molecule has 2 heterocycles. The number of halogens is 4. The van der Waals surface area contributed by atoms with Gasteiger partial charge in [0.15, 0.2) is 0 Å². The zero-order valence-electron chi connectivity index (χ0n) is 19.0. The van der Waals surface area contributed by atoms with E-state index in [2.05, 4.69) is 52.0 Å². The third-order valence-corrected chi connectivity index (χ3v) is 13.6. The quantitative estimate of drug-likeness (QED) is 0.141. The molecule has 0 saturated carbocycles. The summed E-state index contributed by atoms with van der Waals surface area (Å²) in [6.07, 6.45) is 23.3. The molecule has 0 spiro atoms. The van der Waals surface area contributed by atoms with E-state index in [1.165, 1.54) is 51.4 Å². The molecule has 1 radical (unpaired) electrons. The summed E-state index contributed by atoms with van der Waals surface area (Å²) >= 11 is 0. The van der Waals surface area contributed by atoms with Crippen LogP contribution >= 0.6 is 15.8 Å². The normalized spacial score (nSPS) is 31.9. The Bertz CT molecular complexity index is 426. The predicted molar refractivity (Wildman–Crippen MR) is 127 cm³/mol. The zero-order valence-corrected chi connectivity index (χ0v) is 22.4. The molecule has 3 aliphatic rings. The molecule has 179 valence electrons. The predicted octanol–water partition coefficient (Wildman–Crippen LogP) is 9.06. The van der Waals surface area contributed by atoms with E-state index in [9.17, 15) is 17.3 Å². The molecule has 1 aliphatic carbocycles.